The average molecular weight is 406 g/mol. The van der Waals surface area contributed by atoms with Crippen molar-refractivity contribution < 1.29 is 14.3 Å². The minimum absolute atomic E-state index is 0.0572. The summed E-state index contributed by atoms with van der Waals surface area (Å²) >= 11 is 1.66. The van der Waals surface area contributed by atoms with Gasteiger partial charge in [-0.1, -0.05) is 71.7 Å². The van der Waals surface area contributed by atoms with Crippen LogP contribution in [0.15, 0.2) is 24.3 Å². The van der Waals surface area contributed by atoms with Crippen LogP contribution in [0.1, 0.15) is 83.2 Å². The molecule has 1 aromatic carbocycles. The molecule has 1 fully saturated rings. The predicted molar refractivity (Wildman–Crippen MR) is 116 cm³/mol. The fourth-order valence-corrected chi connectivity index (χ4v) is 4.79. The van der Waals surface area contributed by atoms with Gasteiger partial charge in [-0.2, -0.15) is 0 Å². The Bertz CT molecular complexity index is 651. The molecule has 156 valence electrons. The number of hydrogen-bond acceptors (Lipinski definition) is 4. The van der Waals surface area contributed by atoms with Crippen LogP contribution in [0.2, 0.25) is 0 Å². The molecule has 0 aliphatic carbocycles. The smallest absolute Gasteiger partial charge is 0.329 e. The van der Waals surface area contributed by atoms with Crippen LogP contribution in [0.5, 0.6) is 0 Å². The van der Waals surface area contributed by atoms with E-state index in [4.69, 9.17) is 4.74 Å². The highest BCUT2D eigenvalue weighted by Gasteiger charge is 2.42. The minimum Gasteiger partial charge on any atom is -0.464 e. The highest BCUT2D eigenvalue weighted by molar-refractivity contribution is 7.99. The van der Waals surface area contributed by atoms with Crippen LogP contribution < -0.4 is 0 Å². The molecule has 0 saturated carbocycles. The monoisotopic (exact) mass is 405 g/mol. The minimum atomic E-state index is -0.488. The van der Waals surface area contributed by atoms with Gasteiger partial charge in [-0.15, -0.1) is 11.8 Å². The molecule has 0 N–H and O–H groups in total. The Morgan fingerprint density at radius 3 is 2.36 bits per heavy atom. The second-order valence-electron chi connectivity index (χ2n) is 8.50. The first-order chi connectivity index (χ1) is 13.3. The van der Waals surface area contributed by atoms with Crippen molar-refractivity contribution in [3.63, 3.8) is 0 Å². The van der Waals surface area contributed by atoms with Gasteiger partial charge in [0.2, 0.25) is 5.91 Å². The third-order valence-corrected chi connectivity index (χ3v) is 6.39. The van der Waals surface area contributed by atoms with E-state index >= 15 is 0 Å². The van der Waals surface area contributed by atoms with Gasteiger partial charge in [0.25, 0.3) is 0 Å². The van der Waals surface area contributed by atoms with E-state index < -0.39 is 6.04 Å². The fraction of sp³-hybridized carbons (Fsp3) is 0.652. The lowest BCUT2D eigenvalue weighted by Gasteiger charge is -2.29. The molecule has 1 saturated heterocycles. The standard InChI is InChI=1S/C23H35NO3S/c1-6-8-9-10-20(25)24-19(22(26)27-15-7-2)16-28-21(24)17-11-13-18(14-12-17)23(3,4)5/h11-14,19,21H,6-10,15-16H2,1-5H3/t19-,21-/m0/s1. The Balaban J connectivity index is 2.23. The van der Waals surface area contributed by atoms with E-state index in [2.05, 4.69) is 52.0 Å². The van der Waals surface area contributed by atoms with Crippen molar-refractivity contribution in [1.29, 1.82) is 0 Å². The molecule has 0 spiro atoms. The van der Waals surface area contributed by atoms with Crippen LogP contribution in [0, 0.1) is 0 Å². The Hall–Kier alpha value is -1.49. The van der Waals surface area contributed by atoms with Gasteiger partial charge < -0.3 is 9.64 Å². The number of carbonyl (C=O) groups is 2. The molecule has 0 radical (unpaired) electrons. The summed E-state index contributed by atoms with van der Waals surface area (Å²) in [5.74, 6) is 0.377. The number of carbonyl (C=O) groups excluding carboxylic acids is 2. The summed E-state index contributed by atoms with van der Waals surface area (Å²) in [7, 11) is 0. The summed E-state index contributed by atoms with van der Waals surface area (Å²) in [6.07, 6.45) is 4.24. The second kappa shape index (κ2) is 10.3. The Morgan fingerprint density at radius 1 is 1.11 bits per heavy atom. The van der Waals surface area contributed by atoms with Gasteiger partial charge in [0.05, 0.1) is 6.61 Å². The van der Waals surface area contributed by atoms with Gasteiger partial charge >= 0.3 is 5.97 Å². The molecule has 0 aromatic heterocycles. The molecule has 0 unspecified atom stereocenters. The van der Waals surface area contributed by atoms with E-state index in [1.165, 1.54) is 5.56 Å². The van der Waals surface area contributed by atoms with Crippen LogP contribution in [0.25, 0.3) is 0 Å². The third kappa shape index (κ3) is 5.76. The first-order valence-corrected chi connectivity index (χ1v) is 11.5. The number of thioether (sulfide) groups is 1. The van der Waals surface area contributed by atoms with E-state index in [9.17, 15) is 9.59 Å². The van der Waals surface area contributed by atoms with Gasteiger partial charge in [0.1, 0.15) is 11.4 Å². The van der Waals surface area contributed by atoms with Crippen molar-refractivity contribution >= 4 is 23.6 Å². The zero-order chi connectivity index (χ0) is 20.7. The van der Waals surface area contributed by atoms with Gasteiger partial charge in [-0.25, -0.2) is 4.79 Å². The molecule has 2 rings (SSSR count). The lowest BCUT2D eigenvalue weighted by molar-refractivity contribution is -0.154. The van der Waals surface area contributed by atoms with E-state index in [-0.39, 0.29) is 22.7 Å². The van der Waals surface area contributed by atoms with Gasteiger partial charge in [0.15, 0.2) is 0 Å². The van der Waals surface area contributed by atoms with E-state index in [1.54, 1.807) is 16.7 Å². The SMILES string of the molecule is CCCCCC(=O)N1[C@H](C(=O)OCCC)CS[C@H]1c1ccc(C(C)(C)C)cc1. The van der Waals surface area contributed by atoms with Crippen LogP contribution in [0.3, 0.4) is 0 Å². The first-order valence-electron chi connectivity index (χ1n) is 10.5. The molecule has 1 amide bonds. The number of benzene rings is 1. The molecule has 5 heteroatoms. The lowest BCUT2D eigenvalue weighted by atomic mass is 9.86. The first kappa shape index (κ1) is 22.8. The molecule has 2 atom stereocenters. The number of nitrogens with zero attached hydrogens (tertiary/aromatic N) is 1. The highest BCUT2D eigenvalue weighted by Crippen LogP contribution is 2.42. The van der Waals surface area contributed by atoms with Crippen LogP contribution >= 0.6 is 11.8 Å². The van der Waals surface area contributed by atoms with E-state index in [1.807, 2.05) is 6.92 Å². The summed E-state index contributed by atoms with van der Waals surface area (Å²) in [5.41, 5.74) is 2.43. The molecule has 1 aromatic rings. The molecule has 1 heterocycles. The molecule has 4 nitrogen and oxygen atoms in total. The topological polar surface area (TPSA) is 46.6 Å². The largest absolute Gasteiger partial charge is 0.464 e. The molecular weight excluding hydrogens is 370 g/mol. The van der Waals surface area contributed by atoms with Crippen molar-refractivity contribution in [3.8, 4) is 0 Å². The highest BCUT2D eigenvalue weighted by atomic mass is 32.2. The Morgan fingerprint density at radius 2 is 1.79 bits per heavy atom. The van der Waals surface area contributed by atoms with Crippen molar-refractivity contribution in [2.24, 2.45) is 0 Å². The lowest BCUT2D eigenvalue weighted by Crippen LogP contribution is -2.43. The van der Waals surface area contributed by atoms with Crippen molar-refractivity contribution in [1.82, 2.24) is 4.90 Å². The zero-order valence-corrected chi connectivity index (χ0v) is 18.8. The maximum absolute atomic E-state index is 13.0. The number of esters is 1. The predicted octanol–water partition coefficient (Wildman–Crippen LogP) is 5.46. The quantitative estimate of drug-likeness (QED) is 0.425. The van der Waals surface area contributed by atoms with Gasteiger partial charge in [0, 0.05) is 12.2 Å². The maximum atomic E-state index is 13.0. The Labute approximate surface area is 174 Å². The molecular formula is C23H35NO3S. The van der Waals surface area contributed by atoms with E-state index in [0.717, 1.165) is 31.2 Å². The number of unbranched alkanes of at least 4 members (excludes halogenated alkanes) is 2. The van der Waals surface area contributed by atoms with Crippen molar-refractivity contribution in [2.75, 3.05) is 12.4 Å². The summed E-state index contributed by atoms with van der Waals surface area (Å²) in [4.78, 5) is 27.4. The van der Waals surface area contributed by atoms with Crippen LogP contribution in [-0.4, -0.2) is 35.2 Å². The van der Waals surface area contributed by atoms with Crippen LogP contribution in [-0.2, 0) is 19.7 Å². The van der Waals surface area contributed by atoms with Gasteiger partial charge in [-0.05, 0) is 29.4 Å². The van der Waals surface area contributed by atoms with Crippen molar-refractivity contribution in [2.45, 2.75) is 83.6 Å². The second-order valence-corrected chi connectivity index (χ2v) is 9.61. The summed E-state index contributed by atoms with van der Waals surface area (Å²) in [5, 5.41) is -0.123. The maximum Gasteiger partial charge on any atom is 0.329 e. The number of amides is 1. The number of hydrogen-bond donors (Lipinski definition) is 0. The van der Waals surface area contributed by atoms with Crippen LogP contribution in [0.4, 0.5) is 0 Å². The number of rotatable bonds is 8. The van der Waals surface area contributed by atoms with E-state index in [0.29, 0.717) is 18.8 Å². The summed E-state index contributed by atoms with van der Waals surface area (Å²) in [6.45, 7) is 11.1. The average Bonchev–Trinajstić information content (AvgIpc) is 3.11. The molecule has 28 heavy (non-hydrogen) atoms. The third-order valence-electron chi connectivity index (χ3n) is 5.06. The molecule has 0 bridgehead atoms. The molecule has 1 aliphatic rings. The fourth-order valence-electron chi connectivity index (χ4n) is 3.35. The number of ether oxygens (including phenoxy) is 1. The zero-order valence-electron chi connectivity index (χ0n) is 18.0. The Kier molecular flexibility index (Phi) is 8.41. The summed E-state index contributed by atoms with van der Waals surface area (Å²) < 4.78 is 5.38. The molecule has 1 aliphatic heterocycles. The summed E-state index contributed by atoms with van der Waals surface area (Å²) in [6, 6.07) is 7.99. The normalized spacial score (nSPS) is 19.7. The van der Waals surface area contributed by atoms with Crippen molar-refractivity contribution in [3.05, 3.63) is 35.4 Å². The van der Waals surface area contributed by atoms with Gasteiger partial charge in [-0.3, -0.25) is 4.79 Å².